The van der Waals surface area contributed by atoms with Crippen molar-refractivity contribution in [2.45, 2.75) is 20.5 Å². The van der Waals surface area contributed by atoms with Crippen molar-refractivity contribution in [3.63, 3.8) is 0 Å². The van der Waals surface area contributed by atoms with E-state index in [0.717, 1.165) is 16.9 Å². The van der Waals surface area contributed by atoms with Crippen molar-refractivity contribution in [2.75, 3.05) is 0 Å². The number of nitrogens with zero attached hydrogens (tertiary/aromatic N) is 1. The van der Waals surface area contributed by atoms with E-state index in [0.29, 0.717) is 10.0 Å². The summed E-state index contributed by atoms with van der Waals surface area (Å²) in [7, 11) is 0. The van der Waals surface area contributed by atoms with Gasteiger partial charge < -0.3 is 4.74 Å². The van der Waals surface area contributed by atoms with Gasteiger partial charge in [0.25, 0.3) is 5.69 Å². The zero-order valence-corrected chi connectivity index (χ0v) is 12.8. The molecule has 20 heavy (non-hydrogen) atoms. The first-order chi connectivity index (χ1) is 9.45. The number of nitro groups is 1. The van der Waals surface area contributed by atoms with Crippen LogP contribution < -0.4 is 4.74 Å². The summed E-state index contributed by atoms with van der Waals surface area (Å²) in [5.41, 5.74) is 2.82. The fourth-order valence-corrected chi connectivity index (χ4v) is 2.36. The van der Waals surface area contributed by atoms with Crippen molar-refractivity contribution < 1.29 is 9.66 Å². The largest absolute Gasteiger partial charge is 0.489 e. The highest BCUT2D eigenvalue weighted by Gasteiger charge is 2.14. The average Bonchev–Trinajstić information content (AvgIpc) is 2.36. The Bertz CT molecular complexity index is 635. The van der Waals surface area contributed by atoms with Crippen molar-refractivity contribution in [1.29, 1.82) is 0 Å². The van der Waals surface area contributed by atoms with Gasteiger partial charge in [-0.3, -0.25) is 10.1 Å². The molecule has 4 nitrogen and oxygen atoms in total. The molecule has 2 aromatic carbocycles. The number of nitro benzene ring substituents is 1. The predicted molar refractivity (Wildman–Crippen MR) is 81.0 cm³/mol. The lowest BCUT2D eigenvalue weighted by Crippen LogP contribution is -2.01. The molecule has 0 aliphatic rings. The molecular weight excluding hydrogens is 322 g/mol. The second-order valence-electron chi connectivity index (χ2n) is 4.64. The van der Waals surface area contributed by atoms with E-state index in [4.69, 9.17) is 4.74 Å². The summed E-state index contributed by atoms with van der Waals surface area (Å²) >= 11 is 3.23. The van der Waals surface area contributed by atoms with Gasteiger partial charge in [0, 0.05) is 10.5 Å². The van der Waals surface area contributed by atoms with Crippen molar-refractivity contribution >= 4 is 21.6 Å². The van der Waals surface area contributed by atoms with Gasteiger partial charge in [0.15, 0.2) is 0 Å². The molecule has 0 radical (unpaired) electrons. The second-order valence-corrected chi connectivity index (χ2v) is 5.56. The first-order valence-corrected chi connectivity index (χ1v) is 6.89. The molecule has 0 fully saturated rings. The topological polar surface area (TPSA) is 52.4 Å². The van der Waals surface area contributed by atoms with Crippen LogP contribution in [0.25, 0.3) is 0 Å². The van der Waals surface area contributed by atoms with Crippen LogP contribution in [0, 0.1) is 24.0 Å². The highest BCUT2D eigenvalue weighted by atomic mass is 79.9. The summed E-state index contributed by atoms with van der Waals surface area (Å²) in [6.07, 6.45) is 0. The minimum Gasteiger partial charge on any atom is -0.489 e. The Morgan fingerprint density at radius 3 is 2.40 bits per heavy atom. The van der Waals surface area contributed by atoms with E-state index in [2.05, 4.69) is 22.0 Å². The van der Waals surface area contributed by atoms with Crippen molar-refractivity contribution in [1.82, 2.24) is 0 Å². The number of rotatable bonds is 4. The molecule has 0 saturated carbocycles. The standard InChI is InChI=1S/C15H14BrNO3/c1-10-5-11(2)7-14(6-10)20-9-12-3-4-13(16)8-15(12)17(18)19/h3-8H,9H2,1-2H3. The van der Waals surface area contributed by atoms with Crippen LogP contribution in [0.1, 0.15) is 16.7 Å². The van der Waals surface area contributed by atoms with Crippen LogP contribution in [0.5, 0.6) is 5.75 Å². The normalized spacial score (nSPS) is 10.3. The van der Waals surface area contributed by atoms with Crippen LogP contribution in [0.4, 0.5) is 5.69 Å². The van der Waals surface area contributed by atoms with Gasteiger partial charge in [0.2, 0.25) is 0 Å². The molecule has 0 bridgehead atoms. The van der Waals surface area contributed by atoms with Crippen LogP contribution in [0.3, 0.4) is 0 Å². The molecule has 0 saturated heterocycles. The molecule has 0 unspecified atom stereocenters. The van der Waals surface area contributed by atoms with Gasteiger partial charge in [-0.25, -0.2) is 0 Å². The number of hydrogen-bond acceptors (Lipinski definition) is 3. The van der Waals surface area contributed by atoms with Gasteiger partial charge in [0.05, 0.1) is 10.5 Å². The smallest absolute Gasteiger partial charge is 0.277 e. The highest BCUT2D eigenvalue weighted by Crippen LogP contribution is 2.25. The third-order valence-corrected chi connectivity index (χ3v) is 3.33. The fraction of sp³-hybridized carbons (Fsp3) is 0.200. The Kier molecular flexibility index (Phi) is 4.39. The molecule has 0 heterocycles. The molecule has 0 aromatic heterocycles. The third kappa shape index (κ3) is 3.57. The zero-order valence-electron chi connectivity index (χ0n) is 11.2. The van der Waals surface area contributed by atoms with E-state index < -0.39 is 4.92 Å². The van der Waals surface area contributed by atoms with Crippen LogP contribution in [0.2, 0.25) is 0 Å². The lowest BCUT2D eigenvalue weighted by atomic mass is 10.1. The molecule has 5 heteroatoms. The number of benzene rings is 2. The summed E-state index contributed by atoms with van der Waals surface area (Å²) in [5.74, 6) is 0.722. The molecule has 0 amide bonds. The van der Waals surface area contributed by atoms with Crippen LogP contribution in [-0.2, 0) is 6.61 Å². The van der Waals surface area contributed by atoms with E-state index in [1.54, 1.807) is 12.1 Å². The maximum atomic E-state index is 11.0. The molecular formula is C15H14BrNO3. The number of ether oxygens (including phenoxy) is 1. The van der Waals surface area contributed by atoms with Crippen LogP contribution in [-0.4, -0.2) is 4.92 Å². The number of aryl methyl sites for hydroxylation is 2. The molecule has 0 aliphatic carbocycles. The van der Waals surface area contributed by atoms with E-state index in [-0.39, 0.29) is 12.3 Å². The minimum atomic E-state index is -0.398. The average molecular weight is 336 g/mol. The minimum absolute atomic E-state index is 0.0590. The second kappa shape index (κ2) is 6.05. The molecule has 0 aliphatic heterocycles. The Balaban J connectivity index is 2.20. The maximum Gasteiger partial charge on any atom is 0.277 e. The van der Waals surface area contributed by atoms with Gasteiger partial charge in [-0.1, -0.05) is 22.0 Å². The Morgan fingerprint density at radius 1 is 1.15 bits per heavy atom. The molecule has 0 atom stereocenters. The first-order valence-electron chi connectivity index (χ1n) is 6.09. The quantitative estimate of drug-likeness (QED) is 0.608. The lowest BCUT2D eigenvalue weighted by molar-refractivity contribution is -0.385. The van der Waals surface area contributed by atoms with E-state index in [1.807, 2.05) is 26.0 Å². The summed E-state index contributed by atoms with van der Waals surface area (Å²) in [6, 6.07) is 10.8. The summed E-state index contributed by atoms with van der Waals surface area (Å²) in [5, 5.41) is 11.0. The van der Waals surface area contributed by atoms with Crippen LogP contribution in [0.15, 0.2) is 40.9 Å². The zero-order chi connectivity index (χ0) is 14.7. The Labute approximate surface area is 125 Å². The van der Waals surface area contributed by atoms with Gasteiger partial charge in [-0.2, -0.15) is 0 Å². The highest BCUT2D eigenvalue weighted by molar-refractivity contribution is 9.10. The van der Waals surface area contributed by atoms with E-state index in [9.17, 15) is 10.1 Å². The number of hydrogen-bond donors (Lipinski definition) is 0. The monoisotopic (exact) mass is 335 g/mol. The van der Waals surface area contributed by atoms with Crippen molar-refractivity contribution in [3.8, 4) is 5.75 Å². The molecule has 2 aromatic rings. The molecule has 0 N–H and O–H groups in total. The fourth-order valence-electron chi connectivity index (χ4n) is 2.01. The maximum absolute atomic E-state index is 11.0. The van der Waals surface area contributed by atoms with Gasteiger partial charge in [0.1, 0.15) is 12.4 Å². The predicted octanol–water partition coefficient (Wildman–Crippen LogP) is 4.55. The van der Waals surface area contributed by atoms with Gasteiger partial charge >= 0.3 is 0 Å². The van der Waals surface area contributed by atoms with Gasteiger partial charge in [-0.05, 0) is 49.2 Å². The van der Waals surface area contributed by atoms with Crippen LogP contribution >= 0.6 is 15.9 Å². The summed E-state index contributed by atoms with van der Waals surface area (Å²) < 4.78 is 6.34. The summed E-state index contributed by atoms with van der Waals surface area (Å²) in [6.45, 7) is 4.15. The van der Waals surface area contributed by atoms with Crippen molar-refractivity contribution in [2.24, 2.45) is 0 Å². The van der Waals surface area contributed by atoms with E-state index in [1.165, 1.54) is 6.07 Å². The SMILES string of the molecule is Cc1cc(C)cc(OCc2ccc(Br)cc2[N+](=O)[O-])c1. The molecule has 104 valence electrons. The first kappa shape index (κ1) is 14.5. The van der Waals surface area contributed by atoms with Gasteiger partial charge in [-0.15, -0.1) is 0 Å². The molecule has 2 rings (SSSR count). The molecule has 0 spiro atoms. The number of halogens is 1. The Hall–Kier alpha value is -1.88. The Morgan fingerprint density at radius 2 is 1.80 bits per heavy atom. The lowest BCUT2D eigenvalue weighted by Gasteiger charge is -2.09. The van der Waals surface area contributed by atoms with E-state index >= 15 is 0 Å². The third-order valence-electron chi connectivity index (χ3n) is 2.83. The van der Waals surface area contributed by atoms with Crippen molar-refractivity contribution in [3.05, 3.63) is 67.7 Å². The summed E-state index contributed by atoms with van der Waals surface area (Å²) in [4.78, 5) is 10.6.